The molecule has 10 heteroatoms. The van der Waals surface area contributed by atoms with Crippen LogP contribution in [0.15, 0.2) is 104 Å². The van der Waals surface area contributed by atoms with Crippen LogP contribution in [0.5, 0.6) is 0 Å². The van der Waals surface area contributed by atoms with Crippen molar-refractivity contribution in [3.8, 4) is 11.1 Å². The van der Waals surface area contributed by atoms with E-state index in [-0.39, 0.29) is 69.9 Å². The highest BCUT2D eigenvalue weighted by molar-refractivity contribution is 5.86. The number of hydrogen-bond acceptors (Lipinski definition) is 7. The van der Waals surface area contributed by atoms with E-state index in [9.17, 15) is 24.3 Å². The lowest BCUT2D eigenvalue weighted by Crippen LogP contribution is -2.43. The number of rotatable bonds is 19. The number of allylic oxidation sites excluding steroid dienone is 2. The Kier molecular flexibility index (Phi) is 14.2. The summed E-state index contributed by atoms with van der Waals surface area (Å²) in [5.74, 6) is -2.12. The summed E-state index contributed by atoms with van der Waals surface area (Å²) < 4.78 is 11.0. The number of fused-ring (bicyclic) bond motifs is 3. The first-order valence-electron chi connectivity index (χ1n) is 16.6. The van der Waals surface area contributed by atoms with E-state index in [1.165, 1.54) is 4.90 Å². The number of carbonyl (C=O) groups is 4. The van der Waals surface area contributed by atoms with E-state index >= 15 is 0 Å². The number of aliphatic hydroxyl groups is 1. The monoisotopic (exact) mass is 667 g/mol. The molecule has 258 valence electrons. The Balaban J connectivity index is 1.25. The number of benzene rings is 3. The average Bonchev–Trinajstić information content (AvgIpc) is 3.44. The molecular formula is C39H45N3O7. The van der Waals surface area contributed by atoms with Crippen molar-refractivity contribution >= 4 is 23.9 Å². The van der Waals surface area contributed by atoms with E-state index in [1.807, 2.05) is 66.7 Å². The molecule has 0 fully saturated rings. The summed E-state index contributed by atoms with van der Waals surface area (Å²) >= 11 is 0. The molecule has 1 aliphatic carbocycles. The molecule has 0 heterocycles. The molecule has 0 aromatic heterocycles. The second kappa shape index (κ2) is 18.9. The molecule has 3 amide bonds. The molecule has 1 aliphatic rings. The zero-order chi connectivity index (χ0) is 35.0. The predicted octanol–water partition coefficient (Wildman–Crippen LogP) is 5.12. The van der Waals surface area contributed by atoms with E-state index in [0.29, 0.717) is 13.0 Å². The minimum Gasteiger partial charge on any atom is -0.462 e. The lowest BCUT2D eigenvalue weighted by atomic mass is 9.98. The van der Waals surface area contributed by atoms with E-state index in [4.69, 9.17) is 9.47 Å². The van der Waals surface area contributed by atoms with Crippen LogP contribution in [0.2, 0.25) is 0 Å². The van der Waals surface area contributed by atoms with Gasteiger partial charge in [-0.3, -0.25) is 9.59 Å². The van der Waals surface area contributed by atoms with Crippen LogP contribution in [0.25, 0.3) is 11.1 Å². The van der Waals surface area contributed by atoms with Gasteiger partial charge in [-0.25, -0.2) is 9.59 Å². The van der Waals surface area contributed by atoms with E-state index in [2.05, 4.69) is 35.9 Å². The quantitative estimate of drug-likeness (QED) is 0.0918. The number of amides is 3. The highest BCUT2D eigenvalue weighted by Crippen LogP contribution is 2.44. The molecule has 0 aliphatic heterocycles. The minimum absolute atomic E-state index is 0.00982. The fraction of sp³-hybridized carbons (Fsp3) is 0.333. The van der Waals surface area contributed by atoms with Crippen LogP contribution in [-0.4, -0.2) is 72.8 Å². The van der Waals surface area contributed by atoms with Crippen molar-refractivity contribution in [3.63, 3.8) is 0 Å². The molecule has 0 bridgehead atoms. The summed E-state index contributed by atoms with van der Waals surface area (Å²) in [5, 5.41) is 14.9. The van der Waals surface area contributed by atoms with Crippen LogP contribution in [0.3, 0.4) is 0 Å². The van der Waals surface area contributed by atoms with Crippen molar-refractivity contribution in [2.45, 2.75) is 44.2 Å². The highest BCUT2D eigenvalue weighted by Gasteiger charge is 2.30. The van der Waals surface area contributed by atoms with Crippen LogP contribution in [0.1, 0.15) is 48.3 Å². The molecule has 49 heavy (non-hydrogen) atoms. The molecule has 0 unspecified atom stereocenters. The van der Waals surface area contributed by atoms with Gasteiger partial charge in [-0.2, -0.15) is 0 Å². The van der Waals surface area contributed by atoms with Gasteiger partial charge in [0.2, 0.25) is 11.8 Å². The van der Waals surface area contributed by atoms with Gasteiger partial charge in [-0.1, -0.05) is 91.0 Å². The molecule has 0 radical (unpaired) electrons. The van der Waals surface area contributed by atoms with Crippen LogP contribution in [0.4, 0.5) is 4.79 Å². The van der Waals surface area contributed by atoms with Gasteiger partial charge in [-0.05, 0) is 47.1 Å². The van der Waals surface area contributed by atoms with Gasteiger partial charge in [0, 0.05) is 25.4 Å². The van der Waals surface area contributed by atoms with Gasteiger partial charge >= 0.3 is 12.1 Å². The van der Waals surface area contributed by atoms with Crippen LogP contribution in [0, 0.1) is 5.92 Å². The lowest BCUT2D eigenvalue weighted by molar-refractivity contribution is -0.146. The highest BCUT2D eigenvalue weighted by atomic mass is 16.6. The second-order valence-corrected chi connectivity index (χ2v) is 11.8. The SMILES string of the molecule is C=CCC[C@H](NC(=O)OCC1c2ccccc2-c2ccccc21)C(=O)OCCNC(=O)[C@H](CC=C)CC(=O)N(CCO)Cc1ccccc1. The van der Waals surface area contributed by atoms with Gasteiger partial charge < -0.3 is 30.1 Å². The van der Waals surface area contributed by atoms with Crippen LogP contribution in [-0.2, 0) is 30.4 Å². The van der Waals surface area contributed by atoms with Crippen molar-refractivity contribution in [1.29, 1.82) is 0 Å². The Bertz CT molecular complexity index is 1550. The molecule has 0 spiro atoms. The average molecular weight is 668 g/mol. The fourth-order valence-corrected chi connectivity index (χ4v) is 5.93. The maximum atomic E-state index is 13.1. The maximum absolute atomic E-state index is 13.1. The summed E-state index contributed by atoms with van der Waals surface area (Å²) in [6.45, 7) is 7.65. The molecule has 2 atom stereocenters. The topological polar surface area (TPSA) is 134 Å². The summed E-state index contributed by atoms with van der Waals surface area (Å²) in [6, 6.07) is 24.5. The first kappa shape index (κ1) is 36.6. The third-order valence-corrected chi connectivity index (χ3v) is 8.41. The number of nitrogens with one attached hydrogen (secondary N) is 2. The smallest absolute Gasteiger partial charge is 0.407 e. The summed E-state index contributed by atoms with van der Waals surface area (Å²) in [4.78, 5) is 53.5. The molecule has 4 rings (SSSR count). The Morgan fingerprint density at radius 3 is 2.16 bits per heavy atom. The molecule has 10 nitrogen and oxygen atoms in total. The van der Waals surface area contributed by atoms with Crippen molar-refractivity contribution in [1.82, 2.24) is 15.5 Å². The van der Waals surface area contributed by atoms with Gasteiger partial charge in [0.15, 0.2) is 0 Å². The zero-order valence-electron chi connectivity index (χ0n) is 27.7. The Morgan fingerprint density at radius 1 is 0.878 bits per heavy atom. The van der Waals surface area contributed by atoms with Gasteiger partial charge in [0.05, 0.1) is 19.1 Å². The van der Waals surface area contributed by atoms with Gasteiger partial charge in [-0.15, -0.1) is 13.2 Å². The second-order valence-electron chi connectivity index (χ2n) is 11.8. The van der Waals surface area contributed by atoms with E-state index < -0.39 is 24.0 Å². The van der Waals surface area contributed by atoms with Crippen molar-refractivity contribution in [2.75, 3.05) is 32.9 Å². The molecule has 3 N–H and O–H groups in total. The molecule has 3 aromatic rings. The Labute approximate surface area is 287 Å². The lowest BCUT2D eigenvalue weighted by Gasteiger charge is -2.24. The van der Waals surface area contributed by atoms with E-state index in [0.717, 1.165) is 27.8 Å². The first-order chi connectivity index (χ1) is 23.9. The number of esters is 1. The normalized spacial score (nSPS) is 12.8. The fourth-order valence-electron chi connectivity index (χ4n) is 5.93. The molecule has 0 saturated heterocycles. The van der Waals surface area contributed by atoms with Crippen LogP contribution < -0.4 is 10.6 Å². The molecular weight excluding hydrogens is 622 g/mol. The predicted molar refractivity (Wildman–Crippen MR) is 187 cm³/mol. The summed E-state index contributed by atoms with van der Waals surface area (Å²) in [5.41, 5.74) is 5.29. The molecule has 3 aromatic carbocycles. The van der Waals surface area contributed by atoms with Gasteiger partial charge in [0.1, 0.15) is 19.3 Å². The van der Waals surface area contributed by atoms with Gasteiger partial charge in [0.25, 0.3) is 0 Å². The van der Waals surface area contributed by atoms with E-state index in [1.54, 1.807) is 12.2 Å². The molecule has 0 saturated carbocycles. The number of nitrogens with zero attached hydrogens (tertiary/aromatic N) is 1. The summed E-state index contributed by atoms with van der Waals surface area (Å²) in [6.07, 6.45) is 3.39. The standard InChI is InChI=1S/C39H45N3O7/c1-3-5-20-35(41-39(47)49-27-34-32-18-11-9-16-30(32)31-17-10-12-19-33(31)34)38(46)48-24-21-40-37(45)29(13-4-2)25-36(44)42(22-23-43)26-28-14-7-6-8-15-28/h3-4,6-12,14-19,29,34-35,43H,1-2,5,13,20-27H2,(H,40,45)(H,41,47)/t29-,35+/m1/s1. The number of aliphatic hydroxyl groups excluding tert-OH is 1. The zero-order valence-corrected chi connectivity index (χ0v) is 27.7. The Hall–Kier alpha value is -5.22. The maximum Gasteiger partial charge on any atom is 0.407 e. The number of ether oxygens (including phenoxy) is 2. The number of carbonyl (C=O) groups excluding carboxylic acids is 4. The minimum atomic E-state index is -0.974. The summed E-state index contributed by atoms with van der Waals surface area (Å²) in [7, 11) is 0. The van der Waals surface area contributed by atoms with Crippen LogP contribution >= 0.6 is 0 Å². The third-order valence-electron chi connectivity index (χ3n) is 8.41. The number of alkyl carbamates (subject to hydrolysis) is 1. The number of hydrogen-bond donors (Lipinski definition) is 3. The van der Waals surface area contributed by atoms with Crippen molar-refractivity contribution in [3.05, 3.63) is 121 Å². The first-order valence-corrected chi connectivity index (χ1v) is 16.6. The largest absolute Gasteiger partial charge is 0.462 e. The van der Waals surface area contributed by atoms with Crippen molar-refractivity contribution < 1.29 is 33.8 Å². The van der Waals surface area contributed by atoms with Crippen molar-refractivity contribution in [2.24, 2.45) is 5.92 Å². The Morgan fingerprint density at radius 2 is 1.53 bits per heavy atom. The third kappa shape index (κ3) is 10.4.